The summed E-state index contributed by atoms with van der Waals surface area (Å²) in [5, 5.41) is 27.2. The number of nitrogens with two attached hydrogens (primary N) is 2. The monoisotopic (exact) mass is 695 g/mol. The molecule has 5 amide bonds. The second-order valence-electron chi connectivity index (χ2n) is 10.9. The Hall–Kier alpha value is -5.42. The average molecular weight is 696 g/mol. The van der Waals surface area contributed by atoms with E-state index < -0.39 is 59.6 Å². The zero-order valence-electron chi connectivity index (χ0n) is 27.0. The number of likely N-dealkylation sites (N-methyl/N-ethyl adjacent to an activating group) is 1. The van der Waals surface area contributed by atoms with E-state index in [0.29, 0.717) is 28.2 Å². The molecule has 17 heteroatoms. The number of rotatable bonds is 12. The molecule has 4 bridgehead atoms. The quantitative estimate of drug-likeness (QED) is 0.0974. The summed E-state index contributed by atoms with van der Waals surface area (Å²) in [7, 11) is 1.30. The lowest BCUT2D eigenvalue weighted by Gasteiger charge is -2.32. The maximum atomic E-state index is 14.0. The van der Waals surface area contributed by atoms with Gasteiger partial charge >= 0.3 is 5.37 Å². The number of benzene rings is 2. The van der Waals surface area contributed by atoms with Gasteiger partial charge in [0.15, 0.2) is 0 Å². The molecule has 2 aromatic carbocycles. The third-order valence-electron chi connectivity index (χ3n) is 7.44. The molecule has 4 atom stereocenters. The maximum Gasteiger partial charge on any atom is 0.314 e. The summed E-state index contributed by atoms with van der Waals surface area (Å²) in [4.78, 5) is 66.8. The van der Waals surface area contributed by atoms with E-state index in [1.54, 1.807) is 36.4 Å². The van der Waals surface area contributed by atoms with Crippen molar-refractivity contribution in [2.24, 2.45) is 11.5 Å². The van der Waals surface area contributed by atoms with Crippen molar-refractivity contribution in [2.75, 3.05) is 39.9 Å². The van der Waals surface area contributed by atoms with E-state index in [1.165, 1.54) is 14.0 Å². The topological polar surface area (TPSA) is 255 Å². The number of carbonyl (C=O) groups excluding carboxylic acids is 5. The SMILES string of the molecule is C[C@@H]1NC(=O)[C@@H](N(C)C(=O)[C@H](CC#N)NC(=O)Cl)c2ccc(OCCN)c(c2)-c2cc(ccc2OCCN)C[C@@H](C(=O)NCC#N)NC1=O. The highest BCUT2D eigenvalue weighted by atomic mass is 35.5. The summed E-state index contributed by atoms with van der Waals surface area (Å²) in [6.07, 6.45) is -0.450. The van der Waals surface area contributed by atoms with E-state index in [9.17, 15) is 29.2 Å². The van der Waals surface area contributed by atoms with Crippen molar-refractivity contribution >= 4 is 40.6 Å². The smallest absolute Gasteiger partial charge is 0.314 e. The second-order valence-corrected chi connectivity index (χ2v) is 11.3. The molecule has 49 heavy (non-hydrogen) atoms. The first-order valence-electron chi connectivity index (χ1n) is 15.2. The van der Waals surface area contributed by atoms with Gasteiger partial charge in [0.05, 0.1) is 18.6 Å². The predicted octanol–water partition coefficient (Wildman–Crippen LogP) is -0.0558. The summed E-state index contributed by atoms with van der Waals surface area (Å²) in [5.74, 6) is -2.24. The van der Waals surface area contributed by atoms with Crippen LogP contribution in [-0.4, -0.2) is 91.9 Å². The molecule has 0 fully saturated rings. The van der Waals surface area contributed by atoms with Crippen LogP contribution in [-0.2, 0) is 25.6 Å². The number of nitrogens with one attached hydrogen (secondary N) is 4. The first kappa shape index (κ1) is 38.0. The summed E-state index contributed by atoms with van der Waals surface area (Å²) < 4.78 is 11.9. The highest BCUT2D eigenvalue weighted by Gasteiger charge is 2.36. The number of nitriles is 2. The van der Waals surface area contributed by atoms with Crippen LogP contribution in [0.25, 0.3) is 11.1 Å². The molecular weight excluding hydrogens is 658 g/mol. The molecule has 0 saturated carbocycles. The van der Waals surface area contributed by atoms with Crippen LogP contribution < -0.4 is 42.2 Å². The Balaban J connectivity index is 2.31. The Morgan fingerprint density at radius 3 is 2.22 bits per heavy atom. The fraction of sp³-hybridized carbons (Fsp3) is 0.406. The molecule has 8 N–H and O–H groups in total. The highest BCUT2D eigenvalue weighted by molar-refractivity contribution is 6.63. The van der Waals surface area contributed by atoms with Gasteiger partial charge in [-0.15, -0.1) is 0 Å². The van der Waals surface area contributed by atoms with Gasteiger partial charge in [-0.25, -0.2) is 0 Å². The molecule has 2 aromatic rings. The van der Waals surface area contributed by atoms with Crippen molar-refractivity contribution in [1.29, 1.82) is 10.5 Å². The van der Waals surface area contributed by atoms with E-state index in [0.717, 1.165) is 4.90 Å². The summed E-state index contributed by atoms with van der Waals surface area (Å²) in [6, 6.07) is 8.33. The molecule has 0 unspecified atom stereocenters. The van der Waals surface area contributed by atoms with Crippen LogP contribution in [0.15, 0.2) is 36.4 Å². The molecule has 0 spiro atoms. The van der Waals surface area contributed by atoms with E-state index in [-0.39, 0.29) is 44.8 Å². The standard InChI is InChI=1S/C32H38ClN9O7/c1-18-28(43)40-24(29(44)38-12-9-35)16-19-3-5-25(48-13-10-36)21(15-19)22-17-20(4-6-26(22)49-14-11-37)27(30(45)39-18)42(2)31(46)23(7-8-34)41-32(33)47/h3-6,15,17-18,23-24,27H,7,10-14,16,36-37H2,1-2H3,(H,38,44)(H,39,45)(H,40,43)(H,41,47)/t18-,23-,24-,27-/m0/s1. The number of carbonyl (C=O) groups is 5. The van der Waals surface area contributed by atoms with Crippen LogP contribution in [0, 0.1) is 22.7 Å². The Morgan fingerprint density at radius 2 is 1.63 bits per heavy atom. The van der Waals surface area contributed by atoms with Crippen LogP contribution in [0.4, 0.5) is 4.79 Å². The molecule has 16 nitrogen and oxygen atoms in total. The lowest BCUT2D eigenvalue weighted by atomic mass is 9.93. The molecule has 0 saturated heterocycles. The number of fused-ring (bicyclic) bond motifs is 5. The van der Waals surface area contributed by atoms with Gasteiger partial charge in [-0.05, 0) is 53.9 Å². The van der Waals surface area contributed by atoms with E-state index >= 15 is 0 Å². The fourth-order valence-electron chi connectivity index (χ4n) is 5.13. The van der Waals surface area contributed by atoms with Crippen molar-refractivity contribution in [1.82, 2.24) is 26.2 Å². The Labute approximate surface area is 288 Å². The Bertz CT molecular complexity index is 1640. The van der Waals surface area contributed by atoms with Crippen molar-refractivity contribution in [2.45, 2.75) is 43.9 Å². The van der Waals surface area contributed by atoms with Gasteiger partial charge in [0.2, 0.25) is 23.6 Å². The van der Waals surface area contributed by atoms with Crippen LogP contribution in [0.5, 0.6) is 11.5 Å². The number of hydrogen-bond acceptors (Lipinski definition) is 11. The Morgan fingerprint density at radius 1 is 1.00 bits per heavy atom. The summed E-state index contributed by atoms with van der Waals surface area (Å²) >= 11 is 5.47. The van der Waals surface area contributed by atoms with Gasteiger partial charge in [0.1, 0.15) is 55.4 Å². The zero-order valence-corrected chi connectivity index (χ0v) is 27.7. The predicted molar refractivity (Wildman–Crippen MR) is 177 cm³/mol. The lowest BCUT2D eigenvalue weighted by Crippen LogP contribution is -2.55. The molecule has 3 rings (SSSR count). The normalized spacial score (nSPS) is 17.8. The van der Waals surface area contributed by atoms with Crippen LogP contribution in [0.2, 0.25) is 0 Å². The second kappa shape index (κ2) is 18.2. The van der Waals surface area contributed by atoms with E-state index in [1.807, 2.05) is 12.1 Å². The molecule has 1 aliphatic rings. The molecule has 0 radical (unpaired) electrons. The third kappa shape index (κ3) is 10.0. The van der Waals surface area contributed by atoms with Crippen molar-refractivity contribution in [3.63, 3.8) is 0 Å². The number of nitrogens with zero attached hydrogens (tertiary/aromatic N) is 3. The number of halogens is 1. The Kier molecular flexibility index (Phi) is 14.1. The first-order valence-corrected chi connectivity index (χ1v) is 15.6. The van der Waals surface area contributed by atoms with Gasteiger partial charge in [-0.1, -0.05) is 12.1 Å². The third-order valence-corrected chi connectivity index (χ3v) is 7.54. The van der Waals surface area contributed by atoms with Gasteiger partial charge in [-0.3, -0.25) is 24.0 Å². The molecule has 0 aromatic heterocycles. The van der Waals surface area contributed by atoms with Gasteiger partial charge in [0, 0.05) is 37.7 Å². The van der Waals surface area contributed by atoms with Gasteiger partial charge in [-0.2, -0.15) is 10.5 Å². The minimum Gasteiger partial charge on any atom is -0.492 e. The van der Waals surface area contributed by atoms with Crippen molar-refractivity contribution in [3.8, 4) is 34.8 Å². The first-order chi connectivity index (χ1) is 23.4. The van der Waals surface area contributed by atoms with Crippen molar-refractivity contribution < 1.29 is 33.4 Å². The van der Waals surface area contributed by atoms with Gasteiger partial charge in [0.25, 0.3) is 0 Å². The lowest BCUT2D eigenvalue weighted by molar-refractivity contribution is -0.141. The number of ether oxygens (including phenoxy) is 2. The molecular formula is C32H38ClN9O7. The van der Waals surface area contributed by atoms with Crippen LogP contribution >= 0.6 is 11.6 Å². The van der Waals surface area contributed by atoms with Gasteiger partial charge < -0.3 is 47.1 Å². The maximum absolute atomic E-state index is 14.0. The number of amides is 5. The molecule has 1 aliphatic heterocycles. The minimum absolute atomic E-state index is 0.00104. The summed E-state index contributed by atoms with van der Waals surface area (Å²) in [5.41, 5.74) is 13.2. The number of hydrogen-bond donors (Lipinski definition) is 6. The fourth-order valence-corrected chi connectivity index (χ4v) is 5.27. The van der Waals surface area contributed by atoms with Crippen LogP contribution in [0.1, 0.15) is 30.5 Å². The highest BCUT2D eigenvalue weighted by Crippen LogP contribution is 2.40. The zero-order chi connectivity index (χ0) is 36.1. The van der Waals surface area contributed by atoms with E-state index in [2.05, 4.69) is 21.3 Å². The molecule has 0 aliphatic carbocycles. The molecule has 260 valence electrons. The molecule has 1 heterocycles. The average Bonchev–Trinajstić information content (AvgIpc) is 3.07. The summed E-state index contributed by atoms with van der Waals surface area (Å²) in [6.45, 7) is 1.75. The van der Waals surface area contributed by atoms with E-state index in [4.69, 9.17) is 37.8 Å². The van der Waals surface area contributed by atoms with Crippen LogP contribution in [0.3, 0.4) is 0 Å². The van der Waals surface area contributed by atoms with Crippen molar-refractivity contribution in [3.05, 3.63) is 47.5 Å². The minimum atomic E-state index is -1.42. The largest absolute Gasteiger partial charge is 0.492 e.